The molecule has 0 bridgehead atoms. The van der Waals surface area contributed by atoms with Crippen molar-refractivity contribution in [3.63, 3.8) is 0 Å². The molecular formula is C16H18NO4P. The molecule has 22 heavy (non-hydrogen) atoms. The lowest BCUT2D eigenvalue weighted by Crippen LogP contribution is -2.16. The van der Waals surface area contributed by atoms with E-state index in [0.717, 1.165) is 5.56 Å². The third-order valence-electron chi connectivity index (χ3n) is 3.27. The fourth-order valence-electron chi connectivity index (χ4n) is 2.28. The Hall–Kier alpha value is -1.97. The van der Waals surface area contributed by atoms with Crippen LogP contribution in [0.15, 0.2) is 48.7 Å². The van der Waals surface area contributed by atoms with Crippen molar-refractivity contribution in [3.05, 3.63) is 59.8 Å². The maximum absolute atomic E-state index is 12.7. The normalized spacial score (nSPS) is 13.5. The molecule has 2 aromatic rings. The van der Waals surface area contributed by atoms with Crippen molar-refractivity contribution in [1.29, 1.82) is 0 Å². The molecule has 2 N–H and O–H groups in total. The van der Waals surface area contributed by atoms with Crippen LogP contribution in [0.25, 0.3) is 0 Å². The van der Waals surface area contributed by atoms with Gasteiger partial charge in [0, 0.05) is 12.6 Å². The van der Waals surface area contributed by atoms with Crippen molar-refractivity contribution in [2.24, 2.45) is 0 Å². The molecule has 1 heterocycles. The molecule has 1 atom stereocenters. The van der Waals surface area contributed by atoms with Crippen LogP contribution in [-0.2, 0) is 21.9 Å². The Kier molecular flexibility index (Phi) is 5.47. The van der Waals surface area contributed by atoms with Crippen molar-refractivity contribution in [3.8, 4) is 0 Å². The monoisotopic (exact) mass is 319 g/mol. The van der Waals surface area contributed by atoms with Crippen LogP contribution >= 0.6 is 7.37 Å². The second kappa shape index (κ2) is 7.34. The van der Waals surface area contributed by atoms with E-state index in [2.05, 4.69) is 4.98 Å². The standard InChI is InChI=1S/C16H18NO4P/c18-15(19)10-4-8-14-9-5-11-17-16(14)22(20,21)12-13-6-2-1-3-7-13/h1-3,5-7,9,11H,4,8,10,12H2,(H,18,19)(H,20,21). The number of hydrogen-bond donors (Lipinski definition) is 2. The first kappa shape index (κ1) is 16.4. The van der Waals surface area contributed by atoms with E-state index in [9.17, 15) is 14.3 Å². The number of aromatic nitrogens is 1. The number of carboxylic acid groups (broad SMARTS) is 1. The van der Waals surface area contributed by atoms with Crippen LogP contribution in [0, 0.1) is 0 Å². The van der Waals surface area contributed by atoms with Gasteiger partial charge in [0.2, 0.25) is 0 Å². The maximum atomic E-state index is 12.7. The minimum atomic E-state index is -3.63. The summed E-state index contributed by atoms with van der Waals surface area (Å²) < 4.78 is 12.7. The Morgan fingerprint density at radius 3 is 2.55 bits per heavy atom. The summed E-state index contributed by atoms with van der Waals surface area (Å²) in [7, 11) is -3.63. The number of rotatable bonds is 7. The van der Waals surface area contributed by atoms with Crippen LogP contribution < -0.4 is 5.44 Å². The second-order valence-electron chi connectivity index (χ2n) is 5.08. The number of pyridine rings is 1. The summed E-state index contributed by atoms with van der Waals surface area (Å²) in [6, 6.07) is 12.5. The van der Waals surface area contributed by atoms with E-state index in [4.69, 9.17) is 5.11 Å². The summed E-state index contributed by atoms with van der Waals surface area (Å²) in [6.45, 7) is 0. The minimum Gasteiger partial charge on any atom is -0.481 e. The lowest BCUT2D eigenvalue weighted by molar-refractivity contribution is -0.137. The lowest BCUT2D eigenvalue weighted by Gasteiger charge is -2.14. The van der Waals surface area contributed by atoms with Crippen molar-refractivity contribution in [1.82, 2.24) is 4.98 Å². The Morgan fingerprint density at radius 2 is 1.86 bits per heavy atom. The van der Waals surface area contributed by atoms with Crippen LogP contribution in [0.5, 0.6) is 0 Å². The van der Waals surface area contributed by atoms with E-state index >= 15 is 0 Å². The van der Waals surface area contributed by atoms with E-state index in [1.165, 1.54) is 6.20 Å². The van der Waals surface area contributed by atoms with Gasteiger partial charge in [0.05, 0.1) is 6.16 Å². The van der Waals surface area contributed by atoms with Crippen molar-refractivity contribution in [2.75, 3.05) is 0 Å². The fourth-order valence-corrected chi connectivity index (χ4v) is 4.01. The van der Waals surface area contributed by atoms with E-state index in [1.54, 1.807) is 24.3 Å². The quantitative estimate of drug-likeness (QED) is 0.766. The van der Waals surface area contributed by atoms with Gasteiger partial charge >= 0.3 is 5.97 Å². The van der Waals surface area contributed by atoms with Gasteiger partial charge in [-0.2, -0.15) is 0 Å². The average molecular weight is 319 g/mol. The predicted molar refractivity (Wildman–Crippen MR) is 84.4 cm³/mol. The smallest absolute Gasteiger partial charge is 0.303 e. The van der Waals surface area contributed by atoms with Gasteiger partial charge in [-0.1, -0.05) is 36.4 Å². The van der Waals surface area contributed by atoms with E-state index < -0.39 is 13.3 Å². The second-order valence-corrected chi connectivity index (χ2v) is 7.22. The molecule has 0 fully saturated rings. The third kappa shape index (κ3) is 4.52. The van der Waals surface area contributed by atoms with Crippen LogP contribution in [0.4, 0.5) is 0 Å². The Balaban J connectivity index is 2.19. The van der Waals surface area contributed by atoms with Gasteiger partial charge < -0.3 is 10.00 Å². The molecule has 6 heteroatoms. The average Bonchev–Trinajstić information content (AvgIpc) is 2.48. The van der Waals surface area contributed by atoms with Gasteiger partial charge in [0.25, 0.3) is 7.37 Å². The summed E-state index contributed by atoms with van der Waals surface area (Å²) in [5.74, 6) is -0.873. The minimum absolute atomic E-state index is 0.0246. The lowest BCUT2D eigenvalue weighted by atomic mass is 10.1. The number of hydrogen-bond acceptors (Lipinski definition) is 3. The van der Waals surface area contributed by atoms with Crippen molar-refractivity contribution < 1.29 is 19.4 Å². The third-order valence-corrected chi connectivity index (χ3v) is 5.13. The van der Waals surface area contributed by atoms with Crippen molar-refractivity contribution in [2.45, 2.75) is 25.4 Å². The molecule has 1 aromatic carbocycles. The van der Waals surface area contributed by atoms with Gasteiger partial charge in [-0.15, -0.1) is 0 Å². The molecule has 5 nitrogen and oxygen atoms in total. The Bertz CT molecular complexity index is 688. The molecule has 0 saturated carbocycles. The molecule has 0 spiro atoms. The zero-order chi connectivity index (χ0) is 16.0. The molecule has 0 amide bonds. The summed E-state index contributed by atoms with van der Waals surface area (Å²) in [5, 5.41) is 8.70. The topological polar surface area (TPSA) is 87.5 Å². The summed E-state index contributed by atoms with van der Waals surface area (Å²) in [5.41, 5.74) is 1.60. The van der Waals surface area contributed by atoms with Gasteiger partial charge in [-0.3, -0.25) is 14.3 Å². The van der Waals surface area contributed by atoms with Crippen molar-refractivity contribution >= 4 is 18.8 Å². The highest BCUT2D eigenvalue weighted by Crippen LogP contribution is 2.43. The van der Waals surface area contributed by atoms with Gasteiger partial charge in [-0.05, 0) is 30.0 Å². The number of aliphatic carboxylic acids is 1. The molecule has 2 rings (SSSR count). The summed E-state index contributed by atoms with van der Waals surface area (Å²) >= 11 is 0. The zero-order valence-corrected chi connectivity index (χ0v) is 12.9. The molecule has 1 unspecified atom stereocenters. The maximum Gasteiger partial charge on any atom is 0.303 e. The number of carboxylic acids is 1. The molecule has 0 aliphatic rings. The highest BCUT2D eigenvalue weighted by atomic mass is 31.2. The van der Waals surface area contributed by atoms with Gasteiger partial charge in [-0.25, -0.2) is 0 Å². The van der Waals surface area contributed by atoms with E-state index in [1.807, 2.05) is 18.2 Å². The highest BCUT2D eigenvalue weighted by Gasteiger charge is 2.26. The zero-order valence-electron chi connectivity index (χ0n) is 12.1. The molecular weight excluding hydrogens is 301 g/mol. The molecule has 0 saturated heterocycles. The number of benzene rings is 1. The fraction of sp³-hybridized carbons (Fsp3) is 0.250. The molecule has 116 valence electrons. The van der Waals surface area contributed by atoms with Crippen LogP contribution in [0.2, 0.25) is 0 Å². The molecule has 0 aliphatic heterocycles. The Morgan fingerprint density at radius 1 is 1.14 bits per heavy atom. The number of carbonyl (C=O) groups is 1. The molecule has 1 aromatic heterocycles. The number of aryl methyl sites for hydroxylation is 1. The highest BCUT2D eigenvalue weighted by molar-refractivity contribution is 7.65. The van der Waals surface area contributed by atoms with E-state index in [-0.39, 0.29) is 18.0 Å². The SMILES string of the molecule is O=C(O)CCCc1cccnc1P(=O)(O)Cc1ccccc1. The summed E-state index contributed by atoms with van der Waals surface area (Å²) in [4.78, 5) is 25.1. The first-order chi connectivity index (χ1) is 10.5. The van der Waals surface area contributed by atoms with Crippen LogP contribution in [0.3, 0.4) is 0 Å². The predicted octanol–water partition coefficient (Wildman–Crippen LogP) is 2.58. The number of nitrogens with zero attached hydrogens (tertiary/aromatic N) is 1. The van der Waals surface area contributed by atoms with Crippen LogP contribution in [-0.4, -0.2) is 21.0 Å². The summed E-state index contributed by atoms with van der Waals surface area (Å²) in [6.07, 6.45) is 2.39. The first-order valence-electron chi connectivity index (χ1n) is 7.01. The van der Waals surface area contributed by atoms with Crippen LogP contribution in [0.1, 0.15) is 24.0 Å². The molecule has 0 radical (unpaired) electrons. The largest absolute Gasteiger partial charge is 0.481 e. The van der Waals surface area contributed by atoms with Gasteiger partial charge in [0.15, 0.2) is 0 Å². The first-order valence-corrected chi connectivity index (χ1v) is 8.85. The molecule has 0 aliphatic carbocycles. The van der Waals surface area contributed by atoms with Gasteiger partial charge in [0.1, 0.15) is 5.44 Å². The van der Waals surface area contributed by atoms with E-state index in [0.29, 0.717) is 18.4 Å². The Labute approximate surface area is 129 Å².